The molecule has 0 radical (unpaired) electrons. The minimum atomic E-state index is -0.451. The Balaban J connectivity index is 0.000000290. The van der Waals surface area contributed by atoms with Crippen LogP contribution in [0.1, 0.15) is 36.0 Å². The van der Waals surface area contributed by atoms with E-state index in [-0.39, 0.29) is 11.8 Å². The molecule has 0 spiro atoms. The molecule has 2 nitrogen and oxygen atoms in total. The number of halogens is 1. The smallest absolute Gasteiger partial charge is 0.127 e. The Kier molecular flexibility index (Phi) is 7.62. The molecule has 2 aromatic rings. The fourth-order valence-electron chi connectivity index (χ4n) is 3.49. The molecule has 0 saturated heterocycles. The lowest BCUT2D eigenvalue weighted by Gasteiger charge is -2.31. The fourth-order valence-corrected chi connectivity index (χ4v) is 3.63. The number of aryl methyl sites for hydroxylation is 2. The highest BCUT2D eigenvalue weighted by molar-refractivity contribution is 6.30. The highest BCUT2D eigenvalue weighted by Crippen LogP contribution is 2.37. The van der Waals surface area contributed by atoms with E-state index in [0.29, 0.717) is 5.92 Å². The van der Waals surface area contributed by atoms with E-state index in [1.54, 1.807) is 6.92 Å². The first-order chi connectivity index (χ1) is 12.4. The van der Waals surface area contributed by atoms with Gasteiger partial charge < -0.3 is 9.90 Å². The maximum absolute atomic E-state index is 11.1. The summed E-state index contributed by atoms with van der Waals surface area (Å²) in [5, 5.41) is 10.7. The van der Waals surface area contributed by atoms with Crippen molar-refractivity contribution in [1.29, 1.82) is 0 Å². The summed E-state index contributed by atoms with van der Waals surface area (Å²) in [7, 11) is 0. The number of hydrogen-bond donors (Lipinski definition) is 1. The SMILES string of the molecule is Cc1ccc(C2C=CC(C=O)C(C(C)O)C2)c(C)c1.Clc1ccccc1. The van der Waals surface area contributed by atoms with Crippen LogP contribution in [0.4, 0.5) is 0 Å². The van der Waals surface area contributed by atoms with Gasteiger partial charge in [-0.05, 0) is 56.4 Å². The topological polar surface area (TPSA) is 37.3 Å². The maximum atomic E-state index is 11.1. The summed E-state index contributed by atoms with van der Waals surface area (Å²) in [4.78, 5) is 11.1. The number of aldehydes is 1. The van der Waals surface area contributed by atoms with Crippen LogP contribution in [-0.2, 0) is 4.79 Å². The van der Waals surface area contributed by atoms with Crippen LogP contribution in [0.2, 0.25) is 5.02 Å². The third kappa shape index (κ3) is 5.55. The first-order valence-electron chi connectivity index (χ1n) is 9.01. The molecule has 0 aromatic heterocycles. The Morgan fingerprint density at radius 2 is 1.81 bits per heavy atom. The van der Waals surface area contributed by atoms with E-state index >= 15 is 0 Å². The number of benzene rings is 2. The van der Waals surface area contributed by atoms with Crippen LogP contribution >= 0.6 is 11.6 Å². The molecule has 138 valence electrons. The molecule has 0 aliphatic heterocycles. The number of aliphatic hydroxyl groups excluding tert-OH is 1. The first kappa shape index (κ1) is 20.4. The van der Waals surface area contributed by atoms with Gasteiger partial charge in [0.25, 0.3) is 0 Å². The largest absolute Gasteiger partial charge is 0.393 e. The zero-order valence-corrected chi connectivity index (χ0v) is 16.4. The van der Waals surface area contributed by atoms with Gasteiger partial charge in [0.1, 0.15) is 6.29 Å². The van der Waals surface area contributed by atoms with Crippen LogP contribution in [0.15, 0.2) is 60.7 Å². The lowest BCUT2D eigenvalue weighted by Crippen LogP contribution is -2.30. The quantitative estimate of drug-likeness (QED) is 0.572. The predicted octanol–water partition coefficient (Wildman–Crippen LogP) is 5.50. The lowest BCUT2D eigenvalue weighted by atomic mass is 9.74. The molecule has 0 fully saturated rings. The van der Waals surface area contributed by atoms with E-state index < -0.39 is 6.10 Å². The van der Waals surface area contributed by atoms with Crippen molar-refractivity contribution in [2.45, 2.75) is 39.2 Å². The zero-order valence-electron chi connectivity index (χ0n) is 15.6. The second-order valence-electron chi connectivity index (χ2n) is 7.00. The molecule has 26 heavy (non-hydrogen) atoms. The van der Waals surface area contributed by atoms with Crippen LogP contribution in [0.5, 0.6) is 0 Å². The second kappa shape index (κ2) is 9.70. The number of aliphatic hydroxyl groups is 1. The molecule has 3 heteroatoms. The summed E-state index contributed by atoms with van der Waals surface area (Å²) in [6, 6.07) is 15.9. The van der Waals surface area contributed by atoms with E-state index in [2.05, 4.69) is 38.1 Å². The van der Waals surface area contributed by atoms with Crippen molar-refractivity contribution in [3.63, 3.8) is 0 Å². The lowest BCUT2D eigenvalue weighted by molar-refractivity contribution is -0.112. The van der Waals surface area contributed by atoms with Gasteiger partial charge in [-0.25, -0.2) is 0 Å². The summed E-state index contributed by atoms with van der Waals surface area (Å²) in [6.07, 6.45) is 5.41. The Hall–Kier alpha value is -1.90. The van der Waals surface area contributed by atoms with Gasteiger partial charge in [-0.3, -0.25) is 0 Å². The van der Waals surface area contributed by atoms with Crippen LogP contribution in [-0.4, -0.2) is 17.5 Å². The third-order valence-corrected chi connectivity index (χ3v) is 5.17. The number of hydrogen-bond acceptors (Lipinski definition) is 2. The van der Waals surface area contributed by atoms with Crippen molar-refractivity contribution in [3.05, 3.63) is 82.4 Å². The molecule has 0 heterocycles. The monoisotopic (exact) mass is 370 g/mol. The second-order valence-corrected chi connectivity index (χ2v) is 7.44. The Labute approximate surface area is 161 Å². The van der Waals surface area contributed by atoms with Crippen molar-refractivity contribution in [1.82, 2.24) is 0 Å². The molecule has 4 unspecified atom stereocenters. The van der Waals surface area contributed by atoms with Crippen molar-refractivity contribution >= 4 is 17.9 Å². The molecule has 2 aromatic carbocycles. The van der Waals surface area contributed by atoms with Gasteiger partial charge in [-0.1, -0.05) is 65.7 Å². The number of allylic oxidation sites excluding steroid dienone is 2. The molecule has 1 aliphatic rings. The van der Waals surface area contributed by atoms with Crippen LogP contribution in [0.3, 0.4) is 0 Å². The average molecular weight is 371 g/mol. The maximum Gasteiger partial charge on any atom is 0.127 e. The van der Waals surface area contributed by atoms with Crippen molar-refractivity contribution in [2.24, 2.45) is 11.8 Å². The Morgan fingerprint density at radius 3 is 2.31 bits per heavy atom. The standard InChI is InChI=1S/C17H22O2.C6H5Cl/c1-11-4-7-16(12(2)8-11)14-5-6-15(10-18)17(9-14)13(3)19;7-6-4-2-1-3-5-6/h4-8,10,13-15,17,19H,9H2,1-3H3;1-5H. The molecule has 1 N–H and O–H groups in total. The van der Waals surface area contributed by atoms with Crippen LogP contribution in [0, 0.1) is 25.7 Å². The van der Waals surface area contributed by atoms with Gasteiger partial charge in [0.15, 0.2) is 0 Å². The molecular weight excluding hydrogens is 344 g/mol. The van der Waals surface area contributed by atoms with Gasteiger partial charge in [0.2, 0.25) is 0 Å². The zero-order chi connectivity index (χ0) is 19.1. The Bertz CT molecular complexity index is 737. The van der Waals surface area contributed by atoms with Gasteiger partial charge in [0, 0.05) is 16.9 Å². The number of carbonyl (C=O) groups is 1. The number of carbonyl (C=O) groups excluding carboxylic acids is 1. The fraction of sp³-hybridized carbons (Fsp3) is 0.348. The molecule has 0 bridgehead atoms. The van der Waals surface area contributed by atoms with Crippen molar-refractivity contribution in [2.75, 3.05) is 0 Å². The summed E-state index contributed by atoms with van der Waals surface area (Å²) in [5.41, 5.74) is 3.85. The molecule has 0 saturated carbocycles. The normalized spacial score (nSPS) is 22.9. The molecule has 0 amide bonds. The highest BCUT2D eigenvalue weighted by atomic mass is 35.5. The molecule has 3 rings (SSSR count). The van der Waals surface area contributed by atoms with E-state index in [4.69, 9.17) is 11.6 Å². The van der Waals surface area contributed by atoms with Crippen molar-refractivity contribution < 1.29 is 9.90 Å². The van der Waals surface area contributed by atoms with E-state index in [1.165, 1.54) is 16.7 Å². The number of rotatable bonds is 3. The van der Waals surface area contributed by atoms with E-state index in [1.807, 2.05) is 36.4 Å². The first-order valence-corrected chi connectivity index (χ1v) is 9.39. The van der Waals surface area contributed by atoms with Crippen LogP contribution < -0.4 is 0 Å². The average Bonchev–Trinajstić information content (AvgIpc) is 2.62. The van der Waals surface area contributed by atoms with Gasteiger partial charge in [-0.15, -0.1) is 0 Å². The van der Waals surface area contributed by atoms with Gasteiger partial charge in [0.05, 0.1) is 6.10 Å². The molecular formula is C23H27ClO2. The van der Waals surface area contributed by atoms with Crippen LogP contribution in [0.25, 0.3) is 0 Å². The summed E-state index contributed by atoms with van der Waals surface area (Å²) >= 11 is 5.54. The predicted molar refractivity (Wildman–Crippen MR) is 109 cm³/mol. The summed E-state index contributed by atoms with van der Waals surface area (Å²) < 4.78 is 0. The van der Waals surface area contributed by atoms with Gasteiger partial charge >= 0.3 is 0 Å². The third-order valence-electron chi connectivity index (χ3n) is 4.92. The van der Waals surface area contributed by atoms with Crippen molar-refractivity contribution in [3.8, 4) is 0 Å². The minimum absolute atomic E-state index is 0.0215. The summed E-state index contributed by atoms with van der Waals surface area (Å²) in [5.74, 6) is 0.173. The Morgan fingerprint density at radius 1 is 1.12 bits per heavy atom. The molecule has 4 atom stereocenters. The van der Waals surface area contributed by atoms with E-state index in [9.17, 15) is 9.90 Å². The van der Waals surface area contributed by atoms with Gasteiger partial charge in [-0.2, -0.15) is 0 Å². The van der Waals surface area contributed by atoms with E-state index in [0.717, 1.165) is 17.7 Å². The minimum Gasteiger partial charge on any atom is -0.393 e. The highest BCUT2D eigenvalue weighted by Gasteiger charge is 2.30. The summed E-state index contributed by atoms with van der Waals surface area (Å²) in [6.45, 7) is 5.99. The molecule has 1 aliphatic carbocycles.